The van der Waals surface area contributed by atoms with E-state index < -0.39 is 13.3 Å². The maximum atomic E-state index is 11.3. The number of alkyl halides is 3. The Kier molecular flexibility index (Phi) is 3.04. The van der Waals surface area contributed by atoms with E-state index in [2.05, 4.69) is 4.52 Å². The summed E-state index contributed by atoms with van der Waals surface area (Å²) in [5.74, 6) is 0. The van der Waals surface area contributed by atoms with Gasteiger partial charge in [0.05, 0.1) is 0 Å². The summed E-state index contributed by atoms with van der Waals surface area (Å²) in [6, 6.07) is 0. The molecular formula is CH2BrF2O3P. The van der Waals surface area contributed by atoms with Crippen molar-refractivity contribution in [3.05, 3.63) is 0 Å². The molecule has 0 aliphatic rings. The summed E-state index contributed by atoms with van der Waals surface area (Å²) >= 11 is 1.69. The Morgan fingerprint density at radius 3 is 2.12 bits per heavy atom. The molecule has 0 bridgehead atoms. The summed E-state index contributed by atoms with van der Waals surface area (Å²) in [7, 11) is -3.54. The summed E-state index contributed by atoms with van der Waals surface area (Å²) in [6.07, 6.45) is 0. The molecule has 0 spiro atoms. The van der Waals surface area contributed by atoms with Crippen molar-refractivity contribution in [1.82, 2.24) is 0 Å². The van der Waals surface area contributed by atoms with Crippen molar-refractivity contribution in [3.63, 3.8) is 0 Å². The number of halogens is 3. The van der Waals surface area contributed by atoms with E-state index >= 15 is 0 Å². The lowest BCUT2D eigenvalue weighted by atomic mass is 11.5. The largest absolute Gasteiger partial charge is 0.421 e. The summed E-state index contributed by atoms with van der Waals surface area (Å²) in [4.78, 5) is 7.70. The number of rotatable bonds is 2. The predicted octanol–water partition coefficient (Wildman–Crippen LogP) is 1.33. The minimum Gasteiger partial charge on any atom is -0.326 e. The summed E-state index contributed by atoms with van der Waals surface area (Å²) in [5, 5.41) is -3.68. The highest BCUT2D eigenvalue weighted by atomic mass is 79.9. The molecule has 0 aliphatic heterocycles. The second-order valence-electron chi connectivity index (χ2n) is 0.814. The van der Waals surface area contributed by atoms with Crippen molar-refractivity contribution in [2.45, 2.75) is 5.02 Å². The van der Waals surface area contributed by atoms with Gasteiger partial charge in [-0.25, -0.2) is 4.52 Å². The van der Waals surface area contributed by atoms with Gasteiger partial charge in [0.25, 0.3) is 0 Å². The smallest absolute Gasteiger partial charge is 0.326 e. The molecule has 1 atom stereocenters. The maximum Gasteiger partial charge on any atom is 0.421 e. The fourth-order valence-electron chi connectivity index (χ4n) is 0.0990. The van der Waals surface area contributed by atoms with Crippen LogP contribution in [0.3, 0.4) is 0 Å². The van der Waals surface area contributed by atoms with Crippen LogP contribution in [0, 0.1) is 0 Å². The monoisotopic (exact) mass is 210 g/mol. The topological polar surface area (TPSA) is 46.5 Å². The first-order valence-electron chi connectivity index (χ1n) is 1.40. The lowest BCUT2D eigenvalue weighted by Gasteiger charge is -2.03. The lowest BCUT2D eigenvalue weighted by molar-refractivity contribution is -0.0809. The molecule has 8 heavy (non-hydrogen) atoms. The van der Waals surface area contributed by atoms with Gasteiger partial charge >= 0.3 is 13.3 Å². The van der Waals surface area contributed by atoms with Gasteiger partial charge < -0.3 is 4.89 Å². The molecule has 0 aromatic carbocycles. The standard InChI is InChI=1S/CH2BrF2O3P/c2-1(3,4)7-8(5)6/h8H,(H,5,6). The fraction of sp³-hybridized carbons (Fsp3) is 1.00. The van der Waals surface area contributed by atoms with E-state index in [4.69, 9.17) is 4.89 Å². The van der Waals surface area contributed by atoms with Gasteiger partial charge in [0.1, 0.15) is 0 Å². The molecule has 0 aromatic rings. The highest BCUT2D eigenvalue weighted by Crippen LogP contribution is 2.33. The quantitative estimate of drug-likeness (QED) is 0.553. The first kappa shape index (κ1) is 8.49. The van der Waals surface area contributed by atoms with Gasteiger partial charge in [0.15, 0.2) is 0 Å². The second kappa shape index (κ2) is 2.87. The van der Waals surface area contributed by atoms with E-state index in [-0.39, 0.29) is 0 Å². The Labute approximate surface area is 52.7 Å². The van der Waals surface area contributed by atoms with Gasteiger partial charge in [0, 0.05) is 15.9 Å². The Morgan fingerprint density at radius 1 is 1.75 bits per heavy atom. The Morgan fingerprint density at radius 2 is 2.12 bits per heavy atom. The molecule has 0 amide bonds. The van der Waals surface area contributed by atoms with Crippen molar-refractivity contribution in [3.8, 4) is 0 Å². The molecule has 0 aromatic heterocycles. The van der Waals surface area contributed by atoms with Crippen molar-refractivity contribution >= 4 is 24.2 Å². The van der Waals surface area contributed by atoms with E-state index in [1.54, 1.807) is 15.9 Å². The van der Waals surface area contributed by atoms with Crippen molar-refractivity contribution in [1.29, 1.82) is 0 Å². The molecule has 0 fully saturated rings. The van der Waals surface area contributed by atoms with E-state index in [9.17, 15) is 13.3 Å². The van der Waals surface area contributed by atoms with Crippen molar-refractivity contribution < 1.29 is 22.8 Å². The highest BCUT2D eigenvalue weighted by Gasteiger charge is 2.26. The molecule has 0 rings (SSSR count). The van der Waals surface area contributed by atoms with Crippen LogP contribution < -0.4 is 0 Å². The third-order valence-corrected chi connectivity index (χ3v) is 1.09. The maximum absolute atomic E-state index is 11.3. The Hall–Kier alpha value is 0.490. The van der Waals surface area contributed by atoms with Crippen LogP contribution in [0.15, 0.2) is 0 Å². The van der Waals surface area contributed by atoms with Gasteiger partial charge in [-0.1, -0.05) is 0 Å². The van der Waals surface area contributed by atoms with E-state index in [1.807, 2.05) is 0 Å². The van der Waals surface area contributed by atoms with Crippen molar-refractivity contribution in [2.24, 2.45) is 0 Å². The first-order chi connectivity index (χ1) is 3.42. The van der Waals surface area contributed by atoms with Crippen LogP contribution in [-0.2, 0) is 9.09 Å². The average molecular weight is 211 g/mol. The minimum absolute atomic E-state index is 1.69. The summed E-state index contributed by atoms with van der Waals surface area (Å²) in [5.41, 5.74) is 0. The van der Waals surface area contributed by atoms with Crippen LogP contribution in [0.2, 0.25) is 0 Å². The van der Waals surface area contributed by atoms with Crippen LogP contribution in [0.1, 0.15) is 0 Å². The predicted molar refractivity (Wildman–Crippen MR) is 26.2 cm³/mol. The molecule has 1 N–H and O–H groups in total. The zero-order valence-corrected chi connectivity index (χ0v) is 5.98. The van der Waals surface area contributed by atoms with Crippen LogP contribution in [0.4, 0.5) is 8.78 Å². The molecule has 0 heterocycles. The van der Waals surface area contributed by atoms with Gasteiger partial charge in [-0.2, -0.15) is 8.78 Å². The molecule has 0 aliphatic carbocycles. The van der Waals surface area contributed by atoms with Crippen LogP contribution in [-0.4, -0.2) is 9.91 Å². The Bertz CT molecular complexity index is 99.9. The highest BCUT2D eigenvalue weighted by molar-refractivity contribution is 9.09. The van der Waals surface area contributed by atoms with Crippen LogP contribution >= 0.6 is 24.2 Å². The van der Waals surface area contributed by atoms with Crippen LogP contribution in [0.5, 0.6) is 0 Å². The molecule has 50 valence electrons. The number of hydrogen-bond acceptors (Lipinski definition) is 2. The summed E-state index contributed by atoms with van der Waals surface area (Å²) in [6.45, 7) is 0. The first-order valence-corrected chi connectivity index (χ1v) is 3.46. The SMILES string of the molecule is O=[PH](O)OC(F)(F)Br. The normalized spacial score (nSPS) is 16.0. The zero-order valence-electron chi connectivity index (χ0n) is 3.40. The summed E-state index contributed by atoms with van der Waals surface area (Å²) < 4.78 is 35.3. The number of hydrogen-bond donors (Lipinski definition) is 1. The van der Waals surface area contributed by atoms with E-state index in [1.165, 1.54) is 0 Å². The Balaban J connectivity index is 3.55. The average Bonchev–Trinajstić information content (AvgIpc) is 1.21. The molecule has 0 saturated heterocycles. The lowest BCUT2D eigenvalue weighted by Crippen LogP contribution is -2.04. The molecule has 0 saturated carbocycles. The molecule has 3 nitrogen and oxygen atoms in total. The van der Waals surface area contributed by atoms with Gasteiger partial charge in [-0.15, -0.1) is 0 Å². The third kappa shape index (κ3) is 6.49. The van der Waals surface area contributed by atoms with Gasteiger partial charge in [-0.3, -0.25) is 4.57 Å². The van der Waals surface area contributed by atoms with E-state index in [0.29, 0.717) is 0 Å². The van der Waals surface area contributed by atoms with Gasteiger partial charge in [0.2, 0.25) is 0 Å². The fourth-order valence-corrected chi connectivity index (χ4v) is 0.712. The second-order valence-corrected chi connectivity index (χ2v) is 2.47. The van der Waals surface area contributed by atoms with Crippen LogP contribution in [0.25, 0.3) is 0 Å². The third-order valence-electron chi connectivity index (χ3n) is 0.203. The van der Waals surface area contributed by atoms with E-state index in [0.717, 1.165) is 0 Å². The van der Waals surface area contributed by atoms with Crippen molar-refractivity contribution in [2.75, 3.05) is 0 Å². The molecular weight excluding hydrogens is 209 g/mol. The zero-order chi connectivity index (χ0) is 6.78. The minimum atomic E-state index is -3.68. The molecule has 7 heteroatoms. The molecule has 0 radical (unpaired) electrons. The molecule has 1 unspecified atom stereocenters. The van der Waals surface area contributed by atoms with Gasteiger partial charge in [-0.05, 0) is 0 Å².